The molecule has 105 heavy (non-hydrogen) atoms. The van der Waals surface area contributed by atoms with Gasteiger partial charge in [-0.1, -0.05) is 259 Å². The van der Waals surface area contributed by atoms with E-state index in [2.05, 4.69) is 105 Å². The molecule has 12 aromatic rings. The number of hydrogen-bond acceptors (Lipinski definition) is 11. The van der Waals surface area contributed by atoms with Crippen molar-refractivity contribution >= 4 is 81.9 Å². The maximum absolute atomic E-state index is 16.8. The van der Waals surface area contributed by atoms with Gasteiger partial charge >= 0.3 is 0 Å². The Balaban J connectivity index is 0.000000201. The highest BCUT2D eigenvalue weighted by atomic mass is 35.5. The smallest absolute Gasteiger partial charge is 0.261 e. The van der Waals surface area contributed by atoms with E-state index in [1.807, 2.05) is 178 Å². The molecule has 1 N–H and O–H groups in total. The van der Waals surface area contributed by atoms with Crippen LogP contribution in [0.5, 0.6) is 0 Å². The highest BCUT2D eigenvalue weighted by Gasteiger charge is 2.52. The Morgan fingerprint density at radius 1 is 0.495 bits per heavy atom. The van der Waals surface area contributed by atoms with Gasteiger partial charge in [-0.3, -0.25) is 38.3 Å². The van der Waals surface area contributed by atoms with E-state index in [1.54, 1.807) is 77.2 Å². The summed E-state index contributed by atoms with van der Waals surface area (Å²) in [5.41, 5.74) is 5.49. The summed E-state index contributed by atoms with van der Waals surface area (Å²) in [7, 11) is -5.91. The fraction of sp³-hybridized carbons (Fsp3) is 0.256. The van der Waals surface area contributed by atoms with Crippen molar-refractivity contribution in [2.75, 3.05) is 26.3 Å². The van der Waals surface area contributed by atoms with Gasteiger partial charge < -0.3 is 19.1 Å². The molecule has 4 heterocycles. The fourth-order valence-electron chi connectivity index (χ4n) is 13.4. The third kappa shape index (κ3) is 18.5. The van der Waals surface area contributed by atoms with E-state index in [4.69, 9.17) is 30.4 Å². The Morgan fingerprint density at radius 3 is 1.23 bits per heavy atom. The van der Waals surface area contributed by atoms with Crippen molar-refractivity contribution in [3.05, 3.63) is 333 Å². The van der Waals surface area contributed by atoms with Crippen molar-refractivity contribution < 1.29 is 27.2 Å². The Labute approximate surface area is 621 Å². The molecule has 4 atom stereocenters. The monoisotopic (exact) mass is 1460 g/mol. The zero-order valence-electron chi connectivity index (χ0n) is 61.2. The van der Waals surface area contributed by atoms with Gasteiger partial charge in [-0.15, -0.1) is 0 Å². The molecule has 0 aliphatic carbocycles. The first kappa shape index (κ1) is 77.6. The van der Waals surface area contributed by atoms with Crippen LogP contribution in [-0.2, 0) is 21.9 Å². The van der Waals surface area contributed by atoms with Crippen molar-refractivity contribution in [1.29, 1.82) is 0 Å². The predicted molar refractivity (Wildman–Crippen MR) is 424 cm³/mol. The third-order valence-electron chi connectivity index (χ3n) is 18.8. The Kier molecular flexibility index (Phi) is 26.0. The first-order valence-electron chi connectivity index (χ1n) is 35.3. The Bertz CT molecular complexity index is 4870. The summed E-state index contributed by atoms with van der Waals surface area (Å²) in [5, 5.41) is 7.52. The minimum absolute atomic E-state index is 0.0473. The van der Waals surface area contributed by atoms with E-state index in [1.165, 1.54) is 4.90 Å². The SMILES string of the molecule is CC(NCC(F)CO[Si](c1ccccc1)(c1ccccc1)C(C)(C)C)c1nc2cnccc2c(=O)n1Cc1ccccc1.Cc1ccc(C(=O)Cl)cc1.Cc1ccc(C(=O)N(CC(F)CO[Si](c2ccccc2)(c2ccccc2)C(C)(C)C)C(C)c2nc3cnccc3c(=O)n2Cc2ccccc2)cc1. The molecular formula is C86H91ClF2N8O6Si2. The average molecular weight is 1460 g/mol. The second-order valence-corrected chi connectivity index (χ2v) is 37.3. The largest absolute Gasteiger partial charge is 0.404 e. The first-order valence-corrected chi connectivity index (χ1v) is 39.5. The number of nitrogens with one attached hydrogen (secondary N) is 1. The maximum atomic E-state index is 16.8. The molecular weight excluding hydrogens is 1370 g/mol. The number of carbonyl (C=O) groups excluding carboxylic acids is 2. The normalized spacial score (nSPS) is 13.0. The summed E-state index contributed by atoms with van der Waals surface area (Å²) in [5.74, 6) is 0.511. The molecule has 0 spiro atoms. The number of alkyl halides is 2. The fourth-order valence-corrected chi connectivity index (χ4v) is 22.7. The number of pyridine rings is 2. The minimum atomic E-state index is -3.05. The van der Waals surface area contributed by atoms with Crippen LogP contribution in [0.1, 0.15) is 122 Å². The van der Waals surface area contributed by atoms with E-state index in [-0.39, 0.29) is 60.0 Å². The molecule has 0 aliphatic rings. The molecule has 0 radical (unpaired) electrons. The number of amides is 1. The number of fused-ring (bicyclic) bond motifs is 2. The lowest BCUT2D eigenvalue weighted by Crippen LogP contribution is -2.67. The van der Waals surface area contributed by atoms with Crippen molar-refractivity contribution in [3.63, 3.8) is 0 Å². The van der Waals surface area contributed by atoms with Crippen LogP contribution in [0.25, 0.3) is 21.8 Å². The number of carbonyl (C=O) groups is 2. The molecule has 19 heteroatoms. The number of aromatic nitrogens is 6. The second kappa shape index (κ2) is 35.2. The summed E-state index contributed by atoms with van der Waals surface area (Å²) < 4.78 is 49.5. The molecule has 0 fully saturated rings. The summed E-state index contributed by atoms with van der Waals surface area (Å²) in [6.45, 7) is 20.7. The van der Waals surface area contributed by atoms with Gasteiger partial charge in [-0.05, 0) is 118 Å². The van der Waals surface area contributed by atoms with Gasteiger partial charge in [0.2, 0.25) is 0 Å². The third-order valence-corrected chi connectivity index (χ3v) is 29.1. The van der Waals surface area contributed by atoms with E-state index in [9.17, 15) is 19.2 Å². The number of aryl methyl sites for hydroxylation is 2. The highest BCUT2D eigenvalue weighted by molar-refractivity contribution is 7.00. The quantitative estimate of drug-likeness (QED) is 0.0452. The average Bonchev–Trinajstić information content (AvgIpc) is 0.755. The first-order chi connectivity index (χ1) is 50.4. The minimum Gasteiger partial charge on any atom is -0.404 e. The summed E-state index contributed by atoms with van der Waals surface area (Å²) >= 11 is 5.22. The molecule has 540 valence electrons. The van der Waals surface area contributed by atoms with Crippen LogP contribution in [-0.4, -0.2) is 100 Å². The zero-order valence-corrected chi connectivity index (χ0v) is 63.9. The second-order valence-electron chi connectivity index (χ2n) is 28.4. The lowest BCUT2D eigenvalue weighted by atomic mass is 10.1. The van der Waals surface area contributed by atoms with Gasteiger partial charge in [0, 0.05) is 30.1 Å². The number of nitrogens with zero attached hydrogens (tertiary/aromatic N) is 7. The summed E-state index contributed by atoms with van der Waals surface area (Å²) in [4.78, 5) is 72.1. The molecule has 12 rings (SSSR count). The molecule has 0 aliphatic heterocycles. The van der Waals surface area contributed by atoms with Crippen LogP contribution in [0.3, 0.4) is 0 Å². The van der Waals surface area contributed by atoms with Crippen LogP contribution in [0.2, 0.25) is 10.1 Å². The van der Waals surface area contributed by atoms with E-state index < -0.39 is 46.3 Å². The van der Waals surface area contributed by atoms with Gasteiger partial charge in [0.15, 0.2) is 0 Å². The molecule has 0 saturated carbocycles. The topological polar surface area (TPSA) is 163 Å². The van der Waals surface area contributed by atoms with Crippen LogP contribution >= 0.6 is 11.6 Å². The molecule has 8 aromatic carbocycles. The summed E-state index contributed by atoms with van der Waals surface area (Å²) in [6, 6.07) is 76.6. The van der Waals surface area contributed by atoms with Crippen LogP contribution in [0, 0.1) is 13.8 Å². The van der Waals surface area contributed by atoms with E-state index in [0.29, 0.717) is 51.1 Å². The zero-order chi connectivity index (χ0) is 74.9. The molecule has 1 amide bonds. The molecule has 4 unspecified atom stereocenters. The molecule has 0 bridgehead atoms. The van der Waals surface area contributed by atoms with Crippen molar-refractivity contribution in [3.8, 4) is 0 Å². The van der Waals surface area contributed by atoms with Crippen molar-refractivity contribution in [2.24, 2.45) is 0 Å². The predicted octanol–water partition coefficient (Wildman–Crippen LogP) is 15.0. The van der Waals surface area contributed by atoms with Crippen molar-refractivity contribution in [2.45, 2.75) is 117 Å². The standard InChI is InChI=1S/C43H45FN4O3Si.C35H39FN4O2Si.C8H7ClO/c1-31-21-23-34(24-22-31)41(49)47(32(2)40-46-39-27-45-26-25-38(39)42(50)48(40)28-33-15-9-6-10-16-33)29-35(44)30-51-52(43(3,4)5,36-17-11-7-12-18-36)37-19-13-8-14-20-37;1-26(33-39-32-23-37-21-20-31(32)34(41)40(33)24-27-14-8-5-9-15-27)38-22-28(36)25-42-43(35(2,3)4,29-16-10-6-11-17-29)30-18-12-7-13-19-30;1-6-2-4-7(5-3-6)8(9)10/h6-27,32,35H,28-30H2,1-5H3;5-21,23,26,28,38H,22,24-25H2,1-4H3;2-5H,1H3. The number of benzene rings is 8. The van der Waals surface area contributed by atoms with Gasteiger partial charge in [0.25, 0.3) is 38.9 Å². The lowest BCUT2D eigenvalue weighted by Gasteiger charge is -2.43. The summed E-state index contributed by atoms with van der Waals surface area (Å²) in [6.07, 6.45) is 3.46. The molecule has 4 aromatic heterocycles. The molecule has 14 nitrogen and oxygen atoms in total. The Hall–Kier alpha value is -10.1. The van der Waals surface area contributed by atoms with Gasteiger partial charge in [0.1, 0.15) is 24.0 Å². The highest BCUT2D eigenvalue weighted by Crippen LogP contribution is 2.39. The van der Waals surface area contributed by atoms with E-state index in [0.717, 1.165) is 43.0 Å². The van der Waals surface area contributed by atoms with Crippen LogP contribution < -0.4 is 37.2 Å². The number of halogens is 3. The van der Waals surface area contributed by atoms with Gasteiger partial charge in [-0.25, -0.2) is 18.7 Å². The van der Waals surface area contributed by atoms with Crippen LogP contribution in [0.15, 0.2) is 277 Å². The van der Waals surface area contributed by atoms with E-state index >= 15 is 8.78 Å². The lowest BCUT2D eigenvalue weighted by molar-refractivity contribution is 0.0569. The van der Waals surface area contributed by atoms with Crippen molar-refractivity contribution in [1.82, 2.24) is 39.3 Å². The molecule has 0 saturated heterocycles. The Morgan fingerprint density at radius 2 is 0.848 bits per heavy atom. The number of hydrogen-bond donors (Lipinski definition) is 1. The van der Waals surface area contributed by atoms with Crippen LogP contribution in [0.4, 0.5) is 8.78 Å². The maximum Gasteiger partial charge on any atom is 0.261 e. The number of rotatable bonds is 24. The van der Waals surface area contributed by atoms with Gasteiger partial charge in [0.05, 0.1) is 79.1 Å². The van der Waals surface area contributed by atoms with Gasteiger partial charge in [-0.2, -0.15) is 0 Å².